The number of hydrogen-bond donors (Lipinski definition) is 1. The van der Waals surface area contributed by atoms with Gasteiger partial charge in [-0.1, -0.05) is 23.8 Å². The summed E-state index contributed by atoms with van der Waals surface area (Å²) in [5.41, 5.74) is 0.778. The summed E-state index contributed by atoms with van der Waals surface area (Å²) in [4.78, 5) is 14.1. The van der Waals surface area contributed by atoms with Gasteiger partial charge >= 0.3 is 6.03 Å². The smallest absolute Gasteiger partial charge is 0.321 e. The summed E-state index contributed by atoms with van der Waals surface area (Å²) in [6.07, 6.45) is 6.83. The molecule has 0 heterocycles. The predicted molar refractivity (Wildman–Crippen MR) is 77.4 cm³/mol. The number of halogens is 1. The number of nitrogens with zero attached hydrogens (tertiary/aromatic N) is 1. The maximum absolute atomic E-state index is 12.2. The molecule has 1 fully saturated rings. The standard InChI is InChI=1S/C15H17ClN2O/c1-18(14-9-10-2-3-11(14)8-10)15(19)17-13-6-4-12(16)5-7-13/h2-7,10-11,14H,8-9H2,1H3,(H,17,19)/t10-,11+,14+/m1/s1. The number of rotatable bonds is 2. The van der Waals surface area contributed by atoms with Gasteiger partial charge in [0.05, 0.1) is 0 Å². The average molecular weight is 277 g/mol. The largest absolute Gasteiger partial charge is 0.324 e. The number of carbonyl (C=O) groups is 1. The summed E-state index contributed by atoms with van der Waals surface area (Å²) in [6.45, 7) is 0. The quantitative estimate of drug-likeness (QED) is 0.820. The lowest BCUT2D eigenvalue weighted by Gasteiger charge is -2.29. The van der Waals surface area contributed by atoms with Crippen molar-refractivity contribution >= 4 is 23.3 Å². The topological polar surface area (TPSA) is 32.3 Å². The highest BCUT2D eigenvalue weighted by atomic mass is 35.5. The third-order valence-corrected chi connectivity index (χ3v) is 4.41. The van der Waals surface area contributed by atoms with Gasteiger partial charge in [-0.3, -0.25) is 0 Å². The van der Waals surface area contributed by atoms with Crippen LogP contribution in [0.1, 0.15) is 12.8 Å². The Morgan fingerprint density at radius 1 is 1.26 bits per heavy atom. The number of amides is 2. The van der Waals surface area contributed by atoms with Gasteiger partial charge in [-0.15, -0.1) is 0 Å². The number of allylic oxidation sites excluding steroid dienone is 1. The summed E-state index contributed by atoms with van der Waals surface area (Å²) >= 11 is 5.83. The molecular weight excluding hydrogens is 260 g/mol. The van der Waals surface area contributed by atoms with Gasteiger partial charge in [-0.05, 0) is 48.9 Å². The minimum absolute atomic E-state index is 0.0479. The zero-order valence-corrected chi connectivity index (χ0v) is 11.6. The van der Waals surface area contributed by atoms with Gasteiger partial charge in [0.2, 0.25) is 0 Å². The molecule has 0 aromatic heterocycles. The van der Waals surface area contributed by atoms with Crippen molar-refractivity contribution in [3.8, 4) is 0 Å². The molecule has 4 heteroatoms. The number of urea groups is 1. The third kappa shape index (κ3) is 2.47. The van der Waals surface area contributed by atoms with Crippen molar-refractivity contribution in [2.24, 2.45) is 11.8 Å². The van der Waals surface area contributed by atoms with E-state index in [1.807, 2.05) is 24.1 Å². The lowest BCUT2D eigenvalue weighted by molar-refractivity contribution is 0.194. The highest BCUT2D eigenvalue weighted by Gasteiger charge is 2.39. The van der Waals surface area contributed by atoms with Gasteiger partial charge in [0.15, 0.2) is 0 Å². The first-order chi connectivity index (χ1) is 9.13. The van der Waals surface area contributed by atoms with Crippen molar-refractivity contribution in [3.05, 3.63) is 41.4 Å². The molecule has 100 valence electrons. The maximum atomic E-state index is 12.2. The van der Waals surface area contributed by atoms with Gasteiger partial charge in [0.25, 0.3) is 0 Å². The van der Waals surface area contributed by atoms with Crippen LogP contribution in [-0.4, -0.2) is 24.0 Å². The molecule has 2 amide bonds. The summed E-state index contributed by atoms with van der Waals surface area (Å²) in [6, 6.07) is 7.47. The second-order valence-corrected chi connectivity index (χ2v) is 5.83. The molecule has 0 aliphatic heterocycles. The van der Waals surface area contributed by atoms with Gasteiger partial charge in [0, 0.05) is 23.8 Å². The Kier molecular flexibility index (Phi) is 3.23. The molecular formula is C15H17ClN2O. The molecule has 1 saturated carbocycles. The second kappa shape index (κ2) is 4.89. The Balaban J connectivity index is 1.64. The van der Waals surface area contributed by atoms with E-state index in [1.165, 1.54) is 6.42 Å². The predicted octanol–water partition coefficient (Wildman–Crippen LogP) is 3.77. The van der Waals surface area contributed by atoms with Crippen LogP contribution < -0.4 is 5.32 Å². The van der Waals surface area contributed by atoms with E-state index >= 15 is 0 Å². The monoisotopic (exact) mass is 276 g/mol. The minimum Gasteiger partial charge on any atom is -0.324 e. The molecule has 19 heavy (non-hydrogen) atoms. The van der Waals surface area contributed by atoms with Crippen molar-refractivity contribution in [1.29, 1.82) is 0 Å². The lowest BCUT2D eigenvalue weighted by Crippen LogP contribution is -2.42. The van der Waals surface area contributed by atoms with Crippen LogP contribution in [0.5, 0.6) is 0 Å². The Morgan fingerprint density at radius 3 is 2.58 bits per heavy atom. The SMILES string of the molecule is CN(C(=O)Nc1ccc(Cl)cc1)[C@H]1C[C@@H]2C=C[C@H]1C2. The number of hydrogen-bond acceptors (Lipinski definition) is 1. The summed E-state index contributed by atoms with van der Waals surface area (Å²) in [7, 11) is 1.88. The van der Waals surface area contributed by atoms with E-state index in [-0.39, 0.29) is 6.03 Å². The van der Waals surface area contributed by atoms with Crippen molar-refractivity contribution in [2.75, 3.05) is 12.4 Å². The van der Waals surface area contributed by atoms with Gasteiger partial charge in [-0.25, -0.2) is 4.79 Å². The molecule has 0 radical (unpaired) electrons. The van der Waals surface area contributed by atoms with Gasteiger partial charge in [0.1, 0.15) is 0 Å². The highest BCUT2D eigenvalue weighted by Crippen LogP contribution is 2.41. The Labute approximate surface area is 118 Å². The number of fused-ring (bicyclic) bond motifs is 2. The molecule has 2 aliphatic rings. The molecule has 0 spiro atoms. The zero-order chi connectivity index (χ0) is 13.4. The molecule has 1 aromatic carbocycles. The molecule has 1 N–H and O–H groups in total. The van der Waals surface area contributed by atoms with E-state index in [9.17, 15) is 4.79 Å². The number of benzene rings is 1. The van der Waals surface area contributed by atoms with Crippen LogP contribution >= 0.6 is 11.6 Å². The lowest BCUT2D eigenvalue weighted by atomic mass is 10.0. The van der Waals surface area contributed by atoms with E-state index in [4.69, 9.17) is 11.6 Å². The van der Waals surface area contributed by atoms with E-state index < -0.39 is 0 Å². The molecule has 2 aliphatic carbocycles. The third-order valence-electron chi connectivity index (χ3n) is 4.16. The van der Waals surface area contributed by atoms with Crippen LogP contribution in [0.3, 0.4) is 0 Å². The van der Waals surface area contributed by atoms with E-state index in [0.29, 0.717) is 22.9 Å². The first-order valence-corrected chi connectivity index (χ1v) is 6.99. The molecule has 0 unspecified atom stereocenters. The first kappa shape index (κ1) is 12.5. The van der Waals surface area contributed by atoms with Crippen LogP contribution in [0.2, 0.25) is 5.02 Å². The summed E-state index contributed by atoms with van der Waals surface area (Å²) < 4.78 is 0. The van der Waals surface area contributed by atoms with E-state index in [0.717, 1.165) is 12.1 Å². The number of nitrogens with one attached hydrogen (secondary N) is 1. The Morgan fingerprint density at radius 2 is 2.00 bits per heavy atom. The summed E-state index contributed by atoms with van der Waals surface area (Å²) in [5.74, 6) is 1.20. The normalized spacial score (nSPS) is 27.6. The van der Waals surface area contributed by atoms with Crippen LogP contribution in [0, 0.1) is 11.8 Å². The fourth-order valence-electron chi connectivity index (χ4n) is 3.09. The summed E-state index contributed by atoms with van der Waals surface area (Å²) in [5, 5.41) is 3.58. The fourth-order valence-corrected chi connectivity index (χ4v) is 3.22. The van der Waals surface area contributed by atoms with Crippen LogP contribution in [0.4, 0.5) is 10.5 Å². The van der Waals surface area contributed by atoms with Crippen molar-refractivity contribution in [3.63, 3.8) is 0 Å². The number of anilines is 1. The van der Waals surface area contributed by atoms with Gasteiger partial charge in [-0.2, -0.15) is 0 Å². The molecule has 2 bridgehead atoms. The van der Waals surface area contributed by atoms with Crippen molar-refractivity contribution < 1.29 is 4.79 Å². The molecule has 3 atom stereocenters. The zero-order valence-electron chi connectivity index (χ0n) is 10.8. The minimum atomic E-state index is -0.0479. The molecule has 0 saturated heterocycles. The highest BCUT2D eigenvalue weighted by molar-refractivity contribution is 6.30. The Hall–Kier alpha value is -1.48. The van der Waals surface area contributed by atoms with E-state index in [1.54, 1.807) is 12.1 Å². The average Bonchev–Trinajstić information content (AvgIpc) is 3.03. The Bertz CT molecular complexity index is 511. The first-order valence-electron chi connectivity index (χ1n) is 6.61. The fraction of sp³-hybridized carbons (Fsp3) is 0.400. The molecule has 3 nitrogen and oxygen atoms in total. The van der Waals surface area contributed by atoms with Crippen molar-refractivity contribution in [2.45, 2.75) is 18.9 Å². The van der Waals surface area contributed by atoms with Crippen LogP contribution in [0.25, 0.3) is 0 Å². The number of carbonyl (C=O) groups excluding carboxylic acids is 1. The van der Waals surface area contributed by atoms with Gasteiger partial charge < -0.3 is 10.2 Å². The van der Waals surface area contributed by atoms with Crippen LogP contribution in [0.15, 0.2) is 36.4 Å². The second-order valence-electron chi connectivity index (χ2n) is 5.40. The molecule has 3 rings (SSSR count). The van der Waals surface area contributed by atoms with Crippen LogP contribution in [-0.2, 0) is 0 Å². The molecule has 1 aromatic rings. The maximum Gasteiger partial charge on any atom is 0.321 e. The van der Waals surface area contributed by atoms with Crippen molar-refractivity contribution in [1.82, 2.24) is 4.90 Å². The van der Waals surface area contributed by atoms with E-state index in [2.05, 4.69) is 17.5 Å².